The first-order valence-corrected chi connectivity index (χ1v) is 8.49. The number of benzene rings is 1. The molecule has 0 bridgehead atoms. The van der Waals surface area contributed by atoms with Crippen molar-refractivity contribution in [1.82, 2.24) is 0 Å². The molecule has 0 amide bonds. The van der Waals surface area contributed by atoms with Crippen molar-refractivity contribution >= 4 is 16.6 Å². The van der Waals surface area contributed by atoms with E-state index in [1.807, 2.05) is 0 Å². The third-order valence-corrected chi connectivity index (χ3v) is 4.38. The molecule has 23 heavy (non-hydrogen) atoms. The van der Waals surface area contributed by atoms with E-state index in [1.54, 1.807) is 6.92 Å². The quantitative estimate of drug-likeness (QED) is 0.573. The van der Waals surface area contributed by atoms with Gasteiger partial charge in [0.05, 0.1) is 17.0 Å². The van der Waals surface area contributed by atoms with Crippen molar-refractivity contribution in [1.29, 1.82) is 0 Å². The topological polar surface area (TPSA) is 46.5 Å². The van der Waals surface area contributed by atoms with Crippen LogP contribution in [0.25, 0.3) is 0 Å². The first-order valence-electron chi connectivity index (χ1n) is 6.60. The van der Waals surface area contributed by atoms with Crippen molar-refractivity contribution in [3.05, 3.63) is 28.8 Å². The summed E-state index contributed by atoms with van der Waals surface area (Å²) in [7, 11) is -4.31. The normalized spacial score (nSPS) is 13.2. The molecule has 1 aromatic carbocycles. The Bertz CT molecular complexity index is 696. The lowest BCUT2D eigenvalue weighted by Crippen LogP contribution is -2.36. The maximum absolute atomic E-state index is 14.0. The van der Waals surface area contributed by atoms with Gasteiger partial charge in [-0.2, -0.15) is 22.0 Å². The summed E-state index contributed by atoms with van der Waals surface area (Å²) in [5.74, 6) is -5.31. The molecule has 0 heterocycles. The lowest BCUT2D eigenvalue weighted by molar-refractivity contribution is -0.290. The van der Waals surface area contributed by atoms with Crippen LogP contribution in [-0.2, 0) is 28.7 Å². The average molecular weight is 357 g/mol. The van der Waals surface area contributed by atoms with Crippen LogP contribution in [-0.4, -0.2) is 27.6 Å². The summed E-state index contributed by atoms with van der Waals surface area (Å²) < 4.78 is 90.4. The van der Waals surface area contributed by atoms with Gasteiger partial charge < -0.3 is 0 Å². The van der Waals surface area contributed by atoms with E-state index in [9.17, 15) is 30.4 Å². The van der Waals surface area contributed by atoms with Gasteiger partial charge in [-0.3, -0.25) is 4.99 Å². The molecule has 0 N–H and O–H groups in total. The van der Waals surface area contributed by atoms with E-state index < -0.39 is 44.5 Å². The Morgan fingerprint density at radius 1 is 1.13 bits per heavy atom. The van der Waals surface area contributed by atoms with Crippen LogP contribution in [0.4, 0.5) is 22.0 Å². The molecule has 0 saturated carbocycles. The van der Waals surface area contributed by atoms with Crippen LogP contribution in [0.2, 0.25) is 0 Å². The highest BCUT2D eigenvalue weighted by Gasteiger charge is 2.61. The second-order valence-corrected chi connectivity index (χ2v) is 7.02. The van der Waals surface area contributed by atoms with Crippen LogP contribution in [0.1, 0.15) is 30.0 Å². The molecule has 130 valence electrons. The highest BCUT2D eigenvalue weighted by Crippen LogP contribution is 2.48. The summed E-state index contributed by atoms with van der Waals surface area (Å²) in [6.45, 7) is 4.18. The molecule has 0 aromatic heterocycles. The molecule has 0 radical (unpaired) electrons. The molecule has 9 heteroatoms. The van der Waals surface area contributed by atoms with Gasteiger partial charge >= 0.3 is 12.1 Å². The van der Waals surface area contributed by atoms with Crippen LogP contribution >= 0.6 is 0 Å². The van der Waals surface area contributed by atoms with Crippen LogP contribution < -0.4 is 0 Å². The second kappa shape index (κ2) is 6.54. The summed E-state index contributed by atoms with van der Waals surface area (Å²) in [4.78, 5) is 2.35. The van der Waals surface area contributed by atoms with Crippen LogP contribution in [0.15, 0.2) is 22.0 Å². The van der Waals surface area contributed by atoms with Crippen LogP contribution in [0.3, 0.4) is 0 Å². The van der Waals surface area contributed by atoms with E-state index in [4.69, 9.17) is 0 Å². The van der Waals surface area contributed by atoms with Gasteiger partial charge in [0, 0.05) is 6.26 Å². The van der Waals surface area contributed by atoms with Gasteiger partial charge in [0.15, 0.2) is 9.84 Å². The summed E-state index contributed by atoms with van der Waals surface area (Å²) in [6, 6.07) is 2.29. The Kier molecular flexibility index (Phi) is 5.56. The van der Waals surface area contributed by atoms with Crippen molar-refractivity contribution in [2.75, 3.05) is 6.26 Å². The predicted molar refractivity (Wildman–Crippen MR) is 76.7 cm³/mol. The Labute approximate surface area is 131 Å². The van der Waals surface area contributed by atoms with E-state index in [1.165, 1.54) is 6.07 Å². The number of aryl methyl sites for hydroxylation is 1. The number of alkyl halides is 5. The zero-order chi connectivity index (χ0) is 18.1. The minimum Gasteiger partial charge on any atom is -0.296 e. The van der Waals surface area contributed by atoms with Crippen LogP contribution in [0.5, 0.6) is 0 Å². The minimum absolute atomic E-state index is 0.0607. The Morgan fingerprint density at radius 3 is 2.04 bits per heavy atom. The number of rotatable bonds is 6. The smallest absolute Gasteiger partial charge is 0.296 e. The first-order chi connectivity index (χ1) is 10.4. The summed E-state index contributed by atoms with van der Waals surface area (Å²) in [6.07, 6.45) is -4.86. The van der Waals surface area contributed by atoms with Crippen molar-refractivity contribution in [2.24, 2.45) is 4.99 Å². The molecule has 0 aliphatic heterocycles. The molecule has 0 aliphatic rings. The minimum atomic E-state index is -5.92. The zero-order valence-corrected chi connectivity index (χ0v) is 13.4. The molecule has 1 rings (SSSR count). The highest BCUT2D eigenvalue weighted by atomic mass is 32.2. The molecule has 3 nitrogen and oxygen atoms in total. The fraction of sp³-hybridized carbons (Fsp3) is 0.500. The molecule has 0 atom stereocenters. The standard InChI is InChI=1S/C14H16F5NO2S/c1-4-5-9-6-7-10(8-20-2)11(12(9)23(3,21)22)13(15,16)14(17,18)19/h6-7H,2,4-5,8H2,1,3H3. The fourth-order valence-corrected chi connectivity index (χ4v) is 3.57. The van der Waals surface area contributed by atoms with Gasteiger partial charge in [-0.1, -0.05) is 25.5 Å². The molecule has 0 unspecified atom stereocenters. The van der Waals surface area contributed by atoms with E-state index in [-0.39, 0.29) is 12.0 Å². The number of hydrogen-bond donors (Lipinski definition) is 0. The number of halogens is 5. The molecule has 0 fully saturated rings. The Hall–Kier alpha value is -1.51. The summed E-state index contributed by atoms with van der Waals surface area (Å²) in [5.41, 5.74) is -2.13. The third kappa shape index (κ3) is 3.88. The predicted octanol–water partition coefficient (Wildman–Crippen LogP) is 3.90. The van der Waals surface area contributed by atoms with Crippen LogP contribution in [0, 0.1) is 0 Å². The van der Waals surface area contributed by atoms with Gasteiger partial charge in [-0.25, -0.2) is 8.42 Å². The average Bonchev–Trinajstić information content (AvgIpc) is 2.37. The molecule has 0 aliphatic carbocycles. The summed E-state index contributed by atoms with van der Waals surface area (Å²) >= 11 is 0. The lowest BCUT2D eigenvalue weighted by atomic mass is 9.96. The first kappa shape index (κ1) is 19.5. The fourth-order valence-electron chi connectivity index (χ4n) is 2.29. The number of sulfone groups is 1. The summed E-state index contributed by atoms with van der Waals surface area (Å²) in [5, 5.41) is 0. The van der Waals surface area contributed by atoms with Crippen molar-refractivity contribution in [2.45, 2.75) is 43.3 Å². The zero-order valence-electron chi connectivity index (χ0n) is 12.5. The maximum atomic E-state index is 14.0. The monoisotopic (exact) mass is 357 g/mol. The van der Waals surface area contributed by atoms with Gasteiger partial charge in [-0.15, -0.1) is 0 Å². The van der Waals surface area contributed by atoms with Gasteiger partial charge in [-0.05, 0) is 24.3 Å². The molecule has 0 spiro atoms. The number of nitrogens with zero attached hydrogens (tertiary/aromatic N) is 1. The van der Waals surface area contributed by atoms with E-state index >= 15 is 0 Å². The van der Waals surface area contributed by atoms with Crippen molar-refractivity contribution in [3.8, 4) is 0 Å². The van der Waals surface area contributed by atoms with Crippen molar-refractivity contribution < 1.29 is 30.4 Å². The van der Waals surface area contributed by atoms with E-state index in [0.717, 1.165) is 6.07 Å². The molecular formula is C14H16F5NO2S. The van der Waals surface area contributed by atoms with Crippen molar-refractivity contribution in [3.63, 3.8) is 0 Å². The SMILES string of the molecule is C=NCc1ccc(CCC)c(S(C)(=O)=O)c1C(F)(F)C(F)(F)F. The number of aliphatic imine (C=N–C) groups is 1. The van der Waals surface area contributed by atoms with E-state index in [0.29, 0.717) is 12.7 Å². The van der Waals surface area contributed by atoms with Gasteiger partial charge in [0.2, 0.25) is 0 Å². The van der Waals surface area contributed by atoms with Gasteiger partial charge in [0.1, 0.15) is 0 Å². The Morgan fingerprint density at radius 2 is 1.65 bits per heavy atom. The third-order valence-electron chi connectivity index (χ3n) is 3.17. The molecular weight excluding hydrogens is 341 g/mol. The van der Waals surface area contributed by atoms with Gasteiger partial charge in [0.25, 0.3) is 0 Å². The maximum Gasteiger partial charge on any atom is 0.458 e. The molecule has 1 aromatic rings. The van der Waals surface area contributed by atoms with E-state index in [2.05, 4.69) is 11.7 Å². The molecule has 0 saturated heterocycles. The lowest BCUT2D eigenvalue weighted by Gasteiger charge is -2.26. The number of hydrogen-bond acceptors (Lipinski definition) is 3. The largest absolute Gasteiger partial charge is 0.458 e. The second-order valence-electron chi connectivity index (χ2n) is 5.06. The Balaban J connectivity index is 3.95. The highest BCUT2D eigenvalue weighted by molar-refractivity contribution is 7.90.